The molecule has 3 N–H and O–H groups in total. The van der Waals surface area contributed by atoms with Crippen molar-refractivity contribution >= 4 is 12.0 Å². The molecule has 19 heavy (non-hydrogen) atoms. The number of hydrogen-bond acceptors (Lipinski definition) is 3. The molecule has 2 amide bonds. The van der Waals surface area contributed by atoms with Gasteiger partial charge in [-0.2, -0.15) is 0 Å². The van der Waals surface area contributed by atoms with Gasteiger partial charge in [-0.05, 0) is 40.0 Å². The molecule has 6 nitrogen and oxygen atoms in total. The molecule has 0 heterocycles. The highest BCUT2D eigenvalue weighted by Crippen LogP contribution is 2.25. The van der Waals surface area contributed by atoms with Crippen LogP contribution in [0.1, 0.15) is 40.0 Å². The maximum Gasteiger partial charge on any atom is 0.317 e. The van der Waals surface area contributed by atoms with Crippen LogP contribution in [0.3, 0.4) is 0 Å². The second-order valence-corrected chi connectivity index (χ2v) is 5.82. The van der Waals surface area contributed by atoms with Gasteiger partial charge in [0.1, 0.15) is 0 Å². The Kier molecular flexibility index (Phi) is 5.17. The fourth-order valence-corrected chi connectivity index (χ4v) is 2.40. The van der Waals surface area contributed by atoms with Crippen molar-refractivity contribution < 1.29 is 19.8 Å². The lowest BCUT2D eigenvalue weighted by atomic mass is 10.1. The van der Waals surface area contributed by atoms with Crippen LogP contribution in [-0.2, 0) is 4.79 Å². The van der Waals surface area contributed by atoms with Gasteiger partial charge >= 0.3 is 12.0 Å². The zero-order valence-electron chi connectivity index (χ0n) is 11.8. The van der Waals surface area contributed by atoms with Gasteiger partial charge in [-0.25, -0.2) is 4.79 Å². The molecule has 0 radical (unpaired) electrons. The van der Waals surface area contributed by atoms with Gasteiger partial charge in [0.2, 0.25) is 0 Å². The summed E-state index contributed by atoms with van der Waals surface area (Å²) < 4.78 is 0. The van der Waals surface area contributed by atoms with Crippen molar-refractivity contribution in [2.75, 3.05) is 13.1 Å². The van der Waals surface area contributed by atoms with Gasteiger partial charge in [-0.1, -0.05) is 0 Å². The third kappa shape index (κ3) is 5.06. The van der Waals surface area contributed by atoms with E-state index in [1.807, 2.05) is 6.92 Å². The number of aliphatic carboxylic acids is 1. The van der Waals surface area contributed by atoms with Crippen LogP contribution in [0.5, 0.6) is 0 Å². The lowest BCUT2D eigenvalue weighted by Crippen LogP contribution is -2.49. The summed E-state index contributed by atoms with van der Waals surface area (Å²) in [5.41, 5.74) is -0.938. The van der Waals surface area contributed by atoms with Crippen LogP contribution in [0.15, 0.2) is 0 Å². The molecule has 0 aromatic rings. The first-order chi connectivity index (χ1) is 8.73. The van der Waals surface area contributed by atoms with E-state index in [1.165, 1.54) is 4.90 Å². The van der Waals surface area contributed by atoms with Crippen molar-refractivity contribution in [2.24, 2.45) is 5.92 Å². The Labute approximate surface area is 113 Å². The van der Waals surface area contributed by atoms with Crippen LogP contribution in [0, 0.1) is 5.92 Å². The smallest absolute Gasteiger partial charge is 0.317 e. The summed E-state index contributed by atoms with van der Waals surface area (Å²) in [5, 5.41) is 21.5. The highest BCUT2D eigenvalue weighted by Gasteiger charge is 2.31. The summed E-state index contributed by atoms with van der Waals surface area (Å²) in [6, 6.07) is -0.315. The van der Waals surface area contributed by atoms with Crippen molar-refractivity contribution in [3.8, 4) is 0 Å². The molecule has 1 fully saturated rings. The fourth-order valence-electron chi connectivity index (χ4n) is 2.40. The average Bonchev–Trinajstić information content (AvgIpc) is 2.73. The SMILES string of the molecule is CCN(CC(C)(C)O)C(=O)NC1CCC(C(=O)O)C1. The first kappa shape index (κ1) is 15.8. The molecule has 1 aliphatic carbocycles. The number of hydrogen-bond donors (Lipinski definition) is 3. The summed E-state index contributed by atoms with van der Waals surface area (Å²) in [6.07, 6.45) is 1.79. The number of carboxylic acid groups (broad SMARTS) is 1. The normalized spacial score (nSPS) is 23.2. The predicted octanol–water partition coefficient (Wildman–Crippen LogP) is 1.04. The number of carboxylic acids is 1. The summed E-state index contributed by atoms with van der Waals surface area (Å²) in [7, 11) is 0. The van der Waals surface area contributed by atoms with Gasteiger partial charge in [0, 0.05) is 12.6 Å². The first-order valence-corrected chi connectivity index (χ1v) is 6.73. The van der Waals surface area contributed by atoms with E-state index in [0.717, 1.165) is 0 Å². The van der Waals surface area contributed by atoms with Crippen LogP contribution < -0.4 is 5.32 Å². The van der Waals surface area contributed by atoms with Crippen LogP contribution in [-0.4, -0.2) is 51.8 Å². The number of amides is 2. The van der Waals surface area contributed by atoms with E-state index in [4.69, 9.17) is 5.11 Å². The third-order valence-electron chi connectivity index (χ3n) is 3.36. The Morgan fingerprint density at radius 2 is 2.00 bits per heavy atom. The first-order valence-electron chi connectivity index (χ1n) is 6.73. The van der Waals surface area contributed by atoms with Gasteiger partial charge in [-0.3, -0.25) is 4.79 Å². The maximum atomic E-state index is 12.0. The predicted molar refractivity (Wildman–Crippen MR) is 70.8 cm³/mol. The fraction of sp³-hybridized carbons (Fsp3) is 0.846. The molecule has 0 spiro atoms. The number of nitrogens with zero attached hydrogens (tertiary/aromatic N) is 1. The molecule has 110 valence electrons. The molecule has 1 aliphatic rings. The molecular formula is C13H24N2O4. The molecule has 6 heteroatoms. The number of rotatable bonds is 5. The summed E-state index contributed by atoms with van der Waals surface area (Å²) in [5.74, 6) is -1.14. The van der Waals surface area contributed by atoms with Gasteiger partial charge in [0.05, 0.1) is 18.1 Å². The minimum absolute atomic E-state index is 0.0792. The van der Waals surface area contributed by atoms with E-state index in [-0.39, 0.29) is 24.5 Å². The Morgan fingerprint density at radius 3 is 2.42 bits per heavy atom. The van der Waals surface area contributed by atoms with E-state index in [9.17, 15) is 14.7 Å². The molecule has 2 atom stereocenters. The van der Waals surface area contributed by atoms with E-state index >= 15 is 0 Å². The standard InChI is InChI=1S/C13H24N2O4/c1-4-15(8-13(2,3)19)12(18)14-10-6-5-9(7-10)11(16)17/h9-10,19H,4-8H2,1-3H3,(H,14,18)(H,16,17). The van der Waals surface area contributed by atoms with Crippen molar-refractivity contribution in [1.82, 2.24) is 10.2 Å². The molecule has 0 bridgehead atoms. The number of urea groups is 1. The number of nitrogens with one attached hydrogen (secondary N) is 1. The van der Waals surface area contributed by atoms with Crippen LogP contribution >= 0.6 is 0 Å². The lowest BCUT2D eigenvalue weighted by molar-refractivity contribution is -0.141. The van der Waals surface area contributed by atoms with E-state index < -0.39 is 11.6 Å². The molecule has 0 aromatic carbocycles. The molecule has 0 aliphatic heterocycles. The minimum atomic E-state index is -0.938. The second kappa shape index (κ2) is 6.23. The van der Waals surface area contributed by atoms with Crippen molar-refractivity contribution in [3.63, 3.8) is 0 Å². The summed E-state index contributed by atoms with van der Waals surface area (Å²) >= 11 is 0. The molecule has 0 aromatic heterocycles. The average molecular weight is 272 g/mol. The van der Waals surface area contributed by atoms with Gasteiger partial charge < -0.3 is 20.4 Å². The van der Waals surface area contributed by atoms with E-state index in [2.05, 4.69) is 5.32 Å². The van der Waals surface area contributed by atoms with Gasteiger partial charge in [-0.15, -0.1) is 0 Å². The van der Waals surface area contributed by atoms with Gasteiger partial charge in [0.15, 0.2) is 0 Å². The Hall–Kier alpha value is -1.30. The number of carbonyl (C=O) groups excluding carboxylic acids is 1. The highest BCUT2D eigenvalue weighted by atomic mass is 16.4. The van der Waals surface area contributed by atoms with E-state index in [1.54, 1.807) is 13.8 Å². The molecular weight excluding hydrogens is 248 g/mol. The quantitative estimate of drug-likeness (QED) is 0.697. The Balaban J connectivity index is 2.48. The van der Waals surface area contributed by atoms with Gasteiger partial charge in [0.25, 0.3) is 0 Å². The van der Waals surface area contributed by atoms with Crippen molar-refractivity contribution in [3.05, 3.63) is 0 Å². The van der Waals surface area contributed by atoms with Crippen molar-refractivity contribution in [2.45, 2.75) is 51.7 Å². The third-order valence-corrected chi connectivity index (χ3v) is 3.36. The topological polar surface area (TPSA) is 89.9 Å². The Morgan fingerprint density at radius 1 is 1.37 bits per heavy atom. The summed E-state index contributed by atoms with van der Waals surface area (Å²) in [4.78, 5) is 24.4. The second-order valence-electron chi connectivity index (χ2n) is 5.82. The van der Waals surface area contributed by atoms with Crippen LogP contribution in [0.4, 0.5) is 4.79 Å². The van der Waals surface area contributed by atoms with E-state index in [0.29, 0.717) is 25.8 Å². The maximum absolute atomic E-state index is 12.0. The number of carbonyl (C=O) groups is 2. The van der Waals surface area contributed by atoms with Crippen molar-refractivity contribution in [1.29, 1.82) is 0 Å². The molecule has 0 saturated heterocycles. The number of likely N-dealkylation sites (N-methyl/N-ethyl adjacent to an activating group) is 1. The zero-order chi connectivity index (χ0) is 14.6. The minimum Gasteiger partial charge on any atom is -0.481 e. The largest absolute Gasteiger partial charge is 0.481 e. The van der Waals surface area contributed by atoms with Crippen LogP contribution in [0.25, 0.3) is 0 Å². The number of aliphatic hydroxyl groups is 1. The highest BCUT2D eigenvalue weighted by molar-refractivity contribution is 5.75. The Bertz CT molecular complexity index is 338. The van der Waals surface area contributed by atoms with Crippen LogP contribution in [0.2, 0.25) is 0 Å². The molecule has 1 saturated carbocycles. The monoisotopic (exact) mass is 272 g/mol. The summed E-state index contributed by atoms with van der Waals surface area (Å²) in [6.45, 7) is 5.91. The zero-order valence-corrected chi connectivity index (χ0v) is 11.8. The molecule has 2 unspecified atom stereocenters. The molecule has 1 rings (SSSR count). The lowest BCUT2D eigenvalue weighted by Gasteiger charge is -2.29.